The molecule has 0 saturated carbocycles. The Labute approximate surface area is 210 Å². The Balaban J connectivity index is 1.33. The van der Waals surface area contributed by atoms with E-state index in [-0.39, 0.29) is 23.7 Å². The van der Waals surface area contributed by atoms with Crippen LogP contribution in [0.2, 0.25) is 0 Å². The summed E-state index contributed by atoms with van der Waals surface area (Å²) in [5.41, 5.74) is 4.47. The van der Waals surface area contributed by atoms with E-state index < -0.39 is 0 Å². The normalized spacial score (nSPS) is 14.0. The summed E-state index contributed by atoms with van der Waals surface area (Å²) in [5, 5.41) is 4.86. The van der Waals surface area contributed by atoms with Crippen LogP contribution in [-0.2, 0) is 6.42 Å². The molecule has 0 aromatic heterocycles. The smallest absolute Gasteiger partial charge is 0.256 e. The van der Waals surface area contributed by atoms with E-state index in [1.165, 1.54) is 5.56 Å². The highest BCUT2D eigenvalue weighted by molar-refractivity contribution is 6.17. The van der Waals surface area contributed by atoms with E-state index in [4.69, 9.17) is 9.73 Å². The van der Waals surface area contributed by atoms with Gasteiger partial charge in [0.1, 0.15) is 5.75 Å². The lowest BCUT2D eigenvalue weighted by Gasteiger charge is -2.29. The number of amides is 1. The molecule has 5 heteroatoms. The zero-order valence-electron chi connectivity index (χ0n) is 20.7. The van der Waals surface area contributed by atoms with E-state index in [1.807, 2.05) is 54.6 Å². The minimum atomic E-state index is -0.271. The summed E-state index contributed by atoms with van der Waals surface area (Å²) in [6.45, 7) is 4.16. The van der Waals surface area contributed by atoms with Crippen LogP contribution in [0.15, 0.2) is 89.9 Å². The number of anilines is 1. The topological polar surface area (TPSA) is 67.8 Å². The molecule has 0 atom stereocenters. The van der Waals surface area contributed by atoms with Crippen LogP contribution in [0.3, 0.4) is 0 Å². The van der Waals surface area contributed by atoms with Gasteiger partial charge in [-0.15, -0.1) is 0 Å². The third-order valence-electron chi connectivity index (χ3n) is 6.52. The molecule has 4 aromatic rings. The zero-order chi connectivity index (χ0) is 25.3. The summed E-state index contributed by atoms with van der Waals surface area (Å²) in [6, 6.07) is 26.5. The minimum absolute atomic E-state index is 0.0212. The van der Waals surface area contributed by atoms with Gasteiger partial charge in [0.05, 0.1) is 24.8 Å². The van der Waals surface area contributed by atoms with Crippen LogP contribution >= 0.6 is 0 Å². The number of Topliss-reactive ketones (excluding diaryl/α,β-unsaturated/α-hetero) is 1. The van der Waals surface area contributed by atoms with Gasteiger partial charge in [0, 0.05) is 22.4 Å². The maximum atomic E-state index is 13.2. The van der Waals surface area contributed by atoms with Crippen molar-refractivity contribution >= 4 is 33.9 Å². The summed E-state index contributed by atoms with van der Waals surface area (Å²) >= 11 is 0. The summed E-state index contributed by atoms with van der Waals surface area (Å²) in [7, 11) is 1.64. The van der Waals surface area contributed by atoms with E-state index in [1.54, 1.807) is 31.4 Å². The van der Waals surface area contributed by atoms with Gasteiger partial charge in [-0.3, -0.25) is 14.6 Å². The molecule has 0 bridgehead atoms. The third-order valence-corrected chi connectivity index (χ3v) is 6.52. The number of methoxy groups -OCH3 is 1. The number of fused-ring (bicyclic) bond motifs is 2. The number of nitrogens with zero attached hydrogens (tertiary/aromatic N) is 1. The monoisotopic (exact) mass is 476 g/mol. The molecule has 0 unspecified atom stereocenters. The molecule has 0 fully saturated rings. The Morgan fingerprint density at radius 3 is 2.47 bits per heavy atom. The Hall–Kier alpha value is -4.25. The molecule has 0 aliphatic carbocycles. The second-order valence-electron chi connectivity index (χ2n) is 9.73. The van der Waals surface area contributed by atoms with Crippen molar-refractivity contribution in [1.82, 2.24) is 0 Å². The maximum absolute atomic E-state index is 13.2. The van der Waals surface area contributed by atoms with Crippen LogP contribution in [-0.4, -0.2) is 30.1 Å². The number of carbonyl (C=O) groups excluding carboxylic acids is 2. The molecule has 4 aromatic carbocycles. The van der Waals surface area contributed by atoms with Crippen molar-refractivity contribution in [3.63, 3.8) is 0 Å². The molecule has 0 saturated heterocycles. The Morgan fingerprint density at radius 1 is 0.944 bits per heavy atom. The van der Waals surface area contributed by atoms with Crippen LogP contribution in [0.5, 0.6) is 5.75 Å². The van der Waals surface area contributed by atoms with Gasteiger partial charge in [0.15, 0.2) is 5.78 Å². The molecule has 5 nitrogen and oxygen atoms in total. The largest absolute Gasteiger partial charge is 0.497 e. The van der Waals surface area contributed by atoms with Gasteiger partial charge in [0.25, 0.3) is 5.91 Å². The Morgan fingerprint density at radius 2 is 1.69 bits per heavy atom. The van der Waals surface area contributed by atoms with Crippen LogP contribution in [0.1, 0.15) is 52.1 Å². The summed E-state index contributed by atoms with van der Waals surface area (Å²) < 4.78 is 5.40. The van der Waals surface area contributed by atoms with Crippen LogP contribution in [0.25, 0.3) is 10.8 Å². The van der Waals surface area contributed by atoms with Crippen molar-refractivity contribution in [2.45, 2.75) is 32.2 Å². The molecular formula is C31H28N2O3. The van der Waals surface area contributed by atoms with Gasteiger partial charge >= 0.3 is 0 Å². The quantitative estimate of drug-likeness (QED) is 0.323. The predicted molar refractivity (Wildman–Crippen MR) is 145 cm³/mol. The van der Waals surface area contributed by atoms with Gasteiger partial charge in [-0.05, 0) is 79.1 Å². The molecule has 1 amide bonds. The maximum Gasteiger partial charge on any atom is 0.256 e. The second kappa shape index (κ2) is 9.42. The fourth-order valence-corrected chi connectivity index (χ4v) is 4.79. The Kier molecular flexibility index (Phi) is 6.15. The number of ether oxygens (including phenoxy) is 1. The molecule has 5 rings (SSSR count). The lowest BCUT2D eigenvalue weighted by atomic mass is 9.85. The molecule has 1 aliphatic heterocycles. The highest BCUT2D eigenvalue weighted by Crippen LogP contribution is 2.31. The lowest BCUT2D eigenvalue weighted by molar-refractivity contribution is 0.0998. The first-order valence-corrected chi connectivity index (χ1v) is 12.0. The average Bonchev–Trinajstić information content (AvgIpc) is 2.88. The van der Waals surface area contributed by atoms with E-state index in [0.717, 1.165) is 34.2 Å². The molecule has 180 valence electrons. The number of carbonyl (C=O) groups is 2. The minimum Gasteiger partial charge on any atom is -0.497 e. The zero-order valence-corrected chi connectivity index (χ0v) is 20.7. The Bertz CT molecular complexity index is 1500. The summed E-state index contributed by atoms with van der Waals surface area (Å²) in [6.07, 6.45) is 1.01. The van der Waals surface area contributed by atoms with E-state index in [9.17, 15) is 9.59 Å². The van der Waals surface area contributed by atoms with E-state index in [2.05, 4.69) is 25.2 Å². The van der Waals surface area contributed by atoms with Crippen LogP contribution in [0, 0.1) is 0 Å². The van der Waals surface area contributed by atoms with Crippen LogP contribution < -0.4 is 10.1 Å². The molecule has 0 radical (unpaired) electrons. The van der Waals surface area contributed by atoms with E-state index >= 15 is 0 Å². The fraction of sp³-hybridized carbons (Fsp3) is 0.194. The molecule has 1 heterocycles. The number of ketones is 1. The van der Waals surface area contributed by atoms with Gasteiger partial charge in [-0.2, -0.15) is 0 Å². The van der Waals surface area contributed by atoms with Crippen molar-refractivity contribution in [2.24, 2.45) is 4.99 Å². The van der Waals surface area contributed by atoms with Crippen molar-refractivity contribution in [1.29, 1.82) is 0 Å². The standard InChI is InChI=1S/C31H28N2O3/c1-31(2)19-22-13-16-24(36-3)17-27(22)28(33-31)18-29(34)21-11-14-23(15-12-21)32-30(35)26-10-6-8-20-7-4-5-9-25(20)26/h4-17H,18-19H2,1-3H3,(H,32,35). The lowest BCUT2D eigenvalue weighted by Crippen LogP contribution is -2.30. The van der Waals surface area contributed by atoms with Crippen molar-refractivity contribution in [3.8, 4) is 5.75 Å². The van der Waals surface area contributed by atoms with Crippen molar-refractivity contribution in [2.75, 3.05) is 12.4 Å². The SMILES string of the molecule is COc1ccc2c(c1)C(CC(=O)c1ccc(NC(=O)c3cccc4ccccc34)cc1)=NC(C)(C)C2. The van der Waals surface area contributed by atoms with Gasteiger partial charge in [-0.25, -0.2) is 0 Å². The van der Waals surface area contributed by atoms with Crippen LogP contribution in [0.4, 0.5) is 5.69 Å². The number of nitrogens with one attached hydrogen (secondary N) is 1. The second-order valence-corrected chi connectivity index (χ2v) is 9.73. The van der Waals surface area contributed by atoms with E-state index in [0.29, 0.717) is 16.8 Å². The number of hydrogen-bond acceptors (Lipinski definition) is 4. The highest BCUT2D eigenvalue weighted by atomic mass is 16.5. The van der Waals surface area contributed by atoms with Crippen molar-refractivity contribution in [3.05, 3.63) is 107 Å². The molecule has 1 N–H and O–H groups in total. The highest BCUT2D eigenvalue weighted by Gasteiger charge is 2.28. The van der Waals surface area contributed by atoms with Crippen molar-refractivity contribution < 1.29 is 14.3 Å². The third kappa shape index (κ3) is 4.78. The van der Waals surface area contributed by atoms with Gasteiger partial charge in [0.2, 0.25) is 0 Å². The van der Waals surface area contributed by atoms with Gasteiger partial charge < -0.3 is 10.1 Å². The summed E-state index contributed by atoms with van der Waals surface area (Å²) in [4.78, 5) is 31.0. The van der Waals surface area contributed by atoms with Gasteiger partial charge in [-0.1, -0.05) is 42.5 Å². The first kappa shape index (κ1) is 23.5. The molecule has 36 heavy (non-hydrogen) atoms. The molecular weight excluding hydrogens is 448 g/mol. The first-order valence-electron chi connectivity index (χ1n) is 12.0. The number of aliphatic imine (C=N–C) groups is 1. The number of hydrogen-bond donors (Lipinski definition) is 1. The average molecular weight is 477 g/mol. The predicted octanol–water partition coefficient (Wildman–Crippen LogP) is 6.50. The number of benzene rings is 4. The molecule has 0 spiro atoms. The summed E-state index contributed by atoms with van der Waals surface area (Å²) in [5.74, 6) is 0.544. The first-order chi connectivity index (χ1) is 17.3. The fourth-order valence-electron chi connectivity index (χ4n) is 4.79. The number of rotatable bonds is 6. The molecule has 1 aliphatic rings.